The summed E-state index contributed by atoms with van der Waals surface area (Å²) in [4.78, 5) is 0. The van der Waals surface area contributed by atoms with Crippen LogP contribution < -0.4 is 0 Å². The van der Waals surface area contributed by atoms with E-state index in [-0.39, 0.29) is 5.41 Å². The minimum atomic E-state index is 0.211. The summed E-state index contributed by atoms with van der Waals surface area (Å²) in [6, 6.07) is 33.5. The molecule has 0 bridgehead atoms. The van der Waals surface area contributed by atoms with Crippen molar-refractivity contribution < 1.29 is 0 Å². The number of benzene rings is 4. The molecule has 9 rings (SSSR count). The number of hydrogen-bond donors (Lipinski definition) is 0. The third kappa shape index (κ3) is 3.08. The summed E-state index contributed by atoms with van der Waals surface area (Å²) in [5, 5.41) is 5.25. The van der Waals surface area contributed by atoms with Crippen molar-refractivity contribution in [3.63, 3.8) is 0 Å². The topological polar surface area (TPSA) is 9.86 Å². The zero-order valence-electron chi connectivity index (χ0n) is 23.5. The lowest BCUT2D eigenvalue weighted by atomic mass is 9.71. The summed E-state index contributed by atoms with van der Waals surface area (Å²) in [5.41, 5.74) is 9.49. The van der Waals surface area contributed by atoms with Crippen LogP contribution in [0.3, 0.4) is 0 Å². The predicted octanol–water partition coefficient (Wildman–Crippen LogP) is 10.1. The number of fused-ring (bicyclic) bond motifs is 9. The third-order valence-electron chi connectivity index (χ3n) is 10.3. The maximum atomic E-state index is 2.56. The van der Waals surface area contributed by atoms with Gasteiger partial charge in [0.2, 0.25) is 0 Å². The first-order chi connectivity index (χ1) is 20.1. The van der Waals surface area contributed by atoms with E-state index < -0.39 is 0 Å². The van der Waals surface area contributed by atoms with Crippen molar-refractivity contribution in [3.8, 4) is 5.69 Å². The molecule has 1 saturated carbocycles. The van der Waals surface area contributed by atoms with Gasteiger partial charge >= 0.3 is 0 Å². The molecule has 0 radical (unpaired) electrons. The molecule has 2 heteroatoms. The fourth-order valence-corrected chi connectivity index (χ4v) is 8.37. The van der Waals surface area contributed by atoms with Gasteiger partial charge in [0, 0.05) is 38.8 Å². The minimum Gasteiger partial charge on any atom is -0.313 e. The number of aromatic nitrogens is 2. The molecule has 3 unspecified atom stereocenters. The summed E-state index contributed by atoms with van der Waals surface area (Å²) in [6.45, 7) is 4.96. The van der Waals surface area contributed by atoms with Crippen molar-refractivity contribution in [2.75, 3.05) is 0 Å². The molecule has 0 spiro atoms. The van der Waals surface area contributed by atoms with Gasteiger partial charge in [-0.1, -0.05) is 104 Å². The zero-order chi connectivity index (χ0) is 27.3. The molecule has 0 amide bonds. The van der Waals surface area contributed by atoms with E-state index in [0.29, 0.717) is 17.8 Å². The Hall–Kier alpha value is -4.56. The standard InChI is InChI=1S/C39H32N2/c1-39(2)33-17-9-6-14-27(33)28-21-20-26(22-34(28)39)41-36-19-11-8-16-30(36)32-23-31-29-15-7-10-18-35(29)40(37(31)24-38(32)41)25-12-4-3-5-13-25/h3-21,23-24,27,33-34H,22H2,1-2H3. The predicted molar refractivity (Wildman–Crippen MR) is 173 cm³/mol. The van der Waals surface area contributed by atoms with Crippen LogP contribution in [-0.4, -0.2) is 9.13 Å². The van der Waals surface area contributed by atoms with E-state index in [0.717, 1.165) is 6.42 Å². The summed E-state index contributed by atoms with van der Waals surface area (Å²) in [7, 11) is 0. The van der Waals surface area contributed by atoms with Crippen LogP contribution in [0.2, 0.25) is 0 Å². The Morgan fingerprint density at radius 1 is 0.610 bits per heavy atom. The van der Waals surface area contributed by atoms with Gasteiger partial charge in [-0.3, -0.25) is 0 Å². The molecule has 2 heterocycles. The van der Waals surface area contributed by atoms with Crippen molar-refractivity contribution in [1.82, 2.24) is 9.13 Å². The normalized spacial score (nSPS) is 22.8. The molecule has 2 aromatic heterocycles. The zero-order valence-corrected chi connectivity index (χ0v) is 23.5. The van der Waals surface area contributed by atoms with E-state index in [1.54, 1.807) is 5.57 Å². The van der Waals surface area contributed by atoms with Crippen molar-refractivity contribution in [1.29, 1.82) is 0 Å². The van der Waals surface area contributed by atoms with Crippen LogP contribution in [0, 0.1) is 23.2 Å². The quantitative estimate of drug-likeness (QED) is 0.212. The lowest BCUT2D eigenvalue weighted by Gasteiger charge is -2.34. The summed E-state index contributed by atoms with van der Waals surface area (Å²) in [5.74, 6) is 1.62. The lowest BCUT2D eigenvalue weighted by molar-refractivity contribution is 0.219. The van der Waals surface area contributed by atoms with Gasteiger partial charge in [0.1, 0.15) is 0 Å². The molecule has 0 aliphatic heterocycles. The molecule has 41 heavy (non-hydrogen) atoms. The van der Waals surface area contributed by atoms with Gasteiger partial charge in [-0.15, -0.1) is 0 Å². The van der Waals surface area contributed by atoms with Crippen molar-refractivity contribution in [2.24, 2.45) is 23.2 Å². The minimum absolute atomic E-state index is 0.211. The second-order valence-electron chi connectivity index (χ2n) is 12.7. The number of hydrogen-bond acceptors (Lipinski definition) is 0. The molecule has 0 saturated heterocycles. The smallest absolute Gasteiger partial charge is 0.0562 e. The van der Waals surface area contributed by atoms with Crippen molar-refractivity contribution >= 4 is 49.3 Å². The van der Waals surface area contributed by atoms with E-state index in [2.05, 4.69) is 150 Å². The Labute approximate surface area is 240 Å². The van der Waals surface area contributed by atoms with Gasteiger partial charge in [0.05, 0.1) is 22.1 Å². The fourth-order valence-electron chi connectivity index (χ4n) is 8.37. The fraction of sp³-hybridized carbons (Fsp3) is 0.179. The van der Waals surface area contributed by atoms with Crippen LogP contribution in [0.4, 0.5) is 0 Å². The van der Waals surface area contributed by atoms with E-state index in [4.69, 9.17) is 0 Å². The van der Waals surface area contributed by atoms with E-state index >= 15 is 0 Å². The van der Waals surface area contributed by atoms with Gasteiger partial charge in [-0.25, -0.2) is 0 Å². The Balaban J connectivity index is 1.33. The SMILES string of the molecule is CC1(C)C2CC(n3c4ccccc4c4cc5c6ccccc6n(-c6ccccc6)c5cc43)=CC=C2C2C=CC=CC21. The molecule has 3 aliphatic rings. The van der Waals surface area contributed by atoms with E-state index in [1.807, 2.05) is 0 Å². The highest BCUT2D eigenvalue weighted by Crippen LogP contribution is 2.59. The number of rotatable bonds is 2. The maximum Gasteiger partial charge on any atom is 0.0562 e. The average Bonchev–Trinajstić information content (AvgIpc) is 3.60. The molecule has 4 aromatic carbocycles. The first-order valence-corrected chi connectivity index (χ1v) is 14.9. The lowest BCUT2D eigenvalue weighted by Crippen LogP contribution is -2.27. The second kappa shape index (κ2) is 8.24. The maximum absolute atomic E-state index is 2.56. The Kier molecular flexibility index (Phi) is 4.66. The highest BCUT2D eigenvalue weighted by atomic mass is 15.0. The van der Waals surface area contributed by atoms with Crippen LogP contribution >= 0.6 is 0 Å². The van der Waals surface area contributed by atoms with E-state index in [1.165, 1.54) is 55.0 Å². The molecule has 6 aromatic rings. The largest absolute Gasteiger partial charge is 0.313 e. The Morgan fingerprint density at radius 3 is 2.00 bits per heavy atom. The van der Waals surface area contributed by atoms with Gasteiger partial charge < -0.3 is 9.13 Å². The molecule has 1 fully saturated rings. The molecular formula is C39H32N2. The second-order valence-corrected chi connectivity index (χ2v) is 12.7. The molecule has 0 N–H and O–H groups in total. The number of para-hydroxylation sites is 3. The summed E-state index contributed by atoms with van der Waals surface area (Å²) < 4.78 is 5.00. The van der Waals surface area contributed by atoms with Crippen LogP contribution in [0.1, 0.15) is 20.3 Å². The van der Waals surface area contributed by atoms with Gasteiger partial charge in [-0.2, -0.15) is 0 Å². The highest BCUT2D eigenvalue weighted by Gasteiger charge is 2.51. The monoisotopic (exact) mass is 528 g/mol. The van der Waals surface area contributed by atoms with Crippen LogP contribution in [0.5, 0.6) is 0 Å². The molecular weight excluding hydrogens is 496 g/mol. The van der Waals surface area contributed by atoms with Crippen molar-refractivity contribution in [2.45, 2.75) is 20.3 Å². The number of nitrogens with zero attached hydrogens (tertiary/aromatic N) is 2. The molecule has 3 atom stereocenters. The van der Waals surface area contributed by atoms with Crippen LogP contribution in [0.15, 0.2) is 133 Å². The van der Waals surface area contributed by atoms with Crippen molar-refractivity contribution in [3.05, 3.63) is 133 Å². The van der Waals surface area contributed by atoms with Crippen LogP contribution in [-0.2, 0) is 0 Å². The first kappa shape index (κ1) is 23.2. The highest BCUT2D eigenvalue weighted by molar-refractivity contribution is 6.19. The summed E-state index contributed by atoms with van der Waals surface area (Å²) in [6.07, 6.45) is 15.3. The third-order valence-corrected chi connectivity index (χ3v) is 10.3. The molecule has 3 aliphatic carbocycles. The summed E-state index contributed by atoms with van der Waals surface area (Å²) >= 11 is 0. The van der Waals surface area contributed by atoms with E-state index in [9.17, 15) is 0 Å². The van der Waals surface area contributed by atoms with Gasteiger partial charge in [0.25, 0.3) is 0 Å². The Bertz CT molecular complexity index is 2160. The Morgan fingerprint density at radius 2 is 1.24 bits per heavy atom. The molecule has 2 nitrogen and oxygen atoms in total. The molecule has 198 valence electrons. The average molecular weight is 529 g/mol. The van der Waals surface area contributed by atoms with Gasteiger partial charge in [-0.05, 0) is 66.1 Å². The number of allylic oxidation sites excluding steroid dienone is 8. The van der Waals surface area contributed by atoms with Gasteiger partial charge in [0.15, 0.2) is 0 Å². The first-order valence-electron chi connectivity index (χ1n) is 14.9. The van der Waals surface area contributed by atoms with Crippen LogP contribution in [0.25, 0.3) is 55.0 Å².